The first-order valence-corrected chi connectivity index (χ1v) is 8.22. The number of aromatic nitrogens is 1. The molecule has 1 heterocycles. The lowest BCUT2D eigenvalue weighted by Gasteiger charge is -2.24. The zero-order valence-corrected chi connectivity index (χ0v) is 13.6. The summed E-state index contributed by atoms with van der Waals surface area (Å²) in [6.45, 7) is 0. The van der Waals surface area contributed by atoms with Gasteiger partial charge in [0.25, 0.3) is 0 Å². The zero-order chi connectivity index (χ0) is 17.9. The number of benzene rings is 1. The quantitative estimate of drug-likeness (QED) is 0.860. The van der Waals surface area contributed by atoms with Gasteiger partial charge in [-0.05, 0) is 54.2 Å². The summed E-state index contributed by atoms with van der Waals surface area (Å²) >= 11 is 0. The number of aryl methyl sites for hydroxylation is 1. The van der Waals surface area contributed by atoms with Crippen LogP contribution in [0, 0.1) is 11.3 Å². The van der Waals surface area contributed by atoms with Gasteiger partial charge in [-0.25, -0.2) is 0 Å². The maximum absolute atomic E-state index is 12.7. The first kappa shape index (κ1) is 17.4. The highest BCUT2D eigenvalue weighted by Gasteiger charge is 2.31. The number of nitriles is 1. The van der Waals surface area contributed by atoms with Crippen molar-refractivity contribution < 1.29 is 13.2 Å². The van der Waals surface area contributed by atoms with Crippen molar-refractivity contribution in [2.24, 2.45) is 0 Å². The summed E-state index contributed by atoms with van der Waals surface area (Å²) in [6.07, 6.45) is -0.197. The van der Waals surface area contributed by atoms with Gasteiger partial charge in [0.1, 0.15) is 0 Å². The summed E-state index contributed by atoms with van der Waals surface area (Å²) in [5.41, 5.74) is 3.53. The highest BCUT2D eigenvalue weighted by Crippen LogP contribution is 2.35. The van der Waals surface area contributed by atoms with E-state index in [4.69, 9.17) is 5.26 Å². The Labute approximate surface area is 144 Å². The van der Waals surface area contributed by atoms with E-state index in [1.807, 2.05) is 12.1 Å². The molecule has 0 spiro atoms. The Kier molecular flexibility index (Phi) is 5.05. The standard InChI is InChI=1S/C19H18F3N3/c20-19(21,22)8-7-17(15-2-1-9-24-12-15)25-18-6-4-14-10-13(11-23)3-5-16(14)18/h1-3,5,9-10,12,17-18,25H,4,6-8H2. The highest BCUT2D eigenvalue weighted by molar-refractivity contribution is 5.42. The third-order valence-corrected chi connectivity index (χ3v) is 4.56. The lowest BCUT2D eigenvalue weighted by molar-refractivity contribution is -0.136. The minimum absolute atomic E-state index is 0.0128. The molecule has 0 aliphatic heterocycles. The first-order chi connectivity index (χ1) is 12.0. The van der Waals surface area contributed by atoms with E-state index in [-0.39, 0.29) is 12.5 Å². The third-order valence-electron chi connectivity index (χ3n) is 4.56. The summed E-state index contributed by atoms with van der Waals surface area (Å²) < 4.78 is 38.1. The fourth-order valence-corrected chi connectivity index (χ4v) is 3.34. The second-order valence-corrected chi connectivity index (χ2v) is 6.28. The first-order valence-electron chi connectivity index (χ1n) is 8.22. The monoisotopic (exact) mass is 345 g/mol. The topological polar surface area (TPSA) is 48.7 Å². The molecule has 1 aliphatic rings. The Morgan fingerprint density at radius 1 is 1.32 bits per heavy atom. The van der Waals surface area contributed by atoms with E-state index in [1.165, 1.54) is 0 Å². The molecule has 1 aliphatic carbocycles. The molecule has 1 N–H and O–H groups in total. The number of hydrogen-bond donors (Lipinski definition) is 1. The average molecular weight is 345 g/mol. The van der Waals surface area contributed by atoms with Gasteiger partial charge in [0, 0.05) is 30.9 Å². The number of alkyl halides is 3. The number of pyridine rings is 1. The van der Waals surface area contributed by atoms with E-state index in [0.29, 0.717) is 5.56 Å². The molecule has 1 aromatic heterocycles. The van der Waals surface area contributed by atoms with Gasteiger partial charge in [-0.15, -0.1) is 0 Å². The Morgan fingerprint density at radius 3 is 2.84 bits per heavy atom. The number of nitrogens with one attached hydrogen (secondary N) is 1. The van der Waals surface area contributed by atoms with Crippen molar-refractivity contribution in [3.8, 4) is 6.07 Å². The maximum Gasteiger partial charge on any atom is 0.389 e. The van der Waals surface area contributed by atoms with Crippen molar-refractivity contribution in [3.05, 3.63) is 65.0 Å². The Hall–Kier alpha value is -2.39. The Balaban J connectivity index is 1.79. The van der Waals surface area contributed by atoms with E-state index < -0.39 is 18.6 Å². The van der Waals surface area contributed by atoms with Crippen LogP contribution in [0.25, 0.3) is 0 Å². The lowest BCUT2D eigenvalue weighted by atomic mass is 10.00. The van der Waals surface area contributed by atoms with Crippen LogP contribution < -0.4 is 5.32 Å². The number of rotatable bonds is 5. The molecule has 3 rings (SSSR count). The predicted octanol–water partition coefficient (Wildman–Crippen LogP) is 4.61. The molecule has 1 aromatic carbocycles. The van der Waals surface area contributed by atoms with Crippen LogP contribution in [0.15, 0.2) is 42.7 Å². The van der Waals surface area contributed by atoms with Gasteiger partial charge in [-0.1, -0.05) is 12.1 Å². The summed E-state index contributed by atoms with van der Waals surface area (Å²) in [5.74, 6) is 0. The van der Waals surface area contributed by atoms with Crippen LogP contribution >= 0.6 is 0 Å². The van der Waals surface area contributed by atoms with Gasteiger partial charge in [0.2, 0.25) is 0 Å². The molecule has 2 aromatic rings. The molecule has 2 atom stereocenters. The molecular weight excluding hydrogens is 327 g/mol. The minimum atomic E-state index is -4.18. The number of nitrogens with zero attached hydrogens (tertiary/aromatic N) is 2. The second-order valence-electron chi connectivity index (χ2n) is 6.28. The second kappa shape index (κ2) is 7.24. The van der Waals surface area contributed by atoms with E-state index in [0.717, 1.165) is 29.5 Å². The van der Waals surface area contributed by atoms with Crippen molar-refractivity contribution in [3.63, 3.8) is 0 Å². The van der Waals surface area contributed by atoms with Crippen molar-refractivity contribution in [1.29, 1.82) is 5.26 Å². The van der Waals surface area contributed by atoms with Crippen molar-refractivity contribution >= 4 is 0 Å². The van der Waals surface area contributed by atoms with Crippen LogP contribution in [0.5, 0.6) is 0 Å². The SMILES string of the molecule is N#Cc1ccc2c(c1)CCC2NC(CCC(F)(F)F)c1cccnc1. The molecule has 0 saturated heterocycles. The molecule has 3 nitrogen and oxygen atoms in total. The predicted molar refractivity (Wildman–Crippen MR) is 87.6 cm³/mol. The van der Waals surface area contributed by atoms with Gasteiger partial charge in [0.15, 0.2) is 0 Å². The van der Waals surface area contributed by atoms with Gasteiger partial charge in [0.05, 0.1) is 11.6 Å². The van der Waals surface area contributed by atoms with E-state index >= 15 is 0 Å². The lowest BCUT2D eigenvalue weighted by Crippen LogP contribution is -2.26. The number of halogens is 3. The van der Waals surface area contributed by atoms with E-state index in [2.05, 4.69) is 16.4 Å². The zero-order valence-electron chi connectivity index (χ0n) is 13.6. The average Bonchev–Trinajstić information content (AvgIpc) is 3.00. The molecular formula is C19H18F3N3. The largest absolute Gasteiger partial charge is 0.389 e. The fourth-order valence-electron chi connectivity index (χ4n) is 3.34. The van der Waals surface area contributed by atoms with Crippen LogP contribution in [0.1, 0.15) is 53.6 Å². The molecule has 0 bridgehead atoms. The van der Waals surface area contributed by atoms with Crippen molar-refractivity contribution in [2.45, 2.75) is 43.9 Å². The molecule has 6 heteroatoms. The molecule has 0 fully saturated rings. The Bertz CT molecular complexity index is 766. The van der Waals surface area contributed by atoms with E-state index in [9.17, 15) is 13.2 Å². The molecule has 0 radical (unpaired) electrons. The number of hydrogen-bond acceptors (Lipinski definition) is 3. The summed E-state index contributed by atoms with van der Waals surface area (Å²) in [6, 6.07) is 10.8. The smallest absolute Gasteiger partial charge is 0.303 e. The number of fused-ring (bicyclic) bond motifs is 1. The van der Waals surface area contributed by atoms with Gasteiger partial charge in [-0.3, -0.25) is 4.98 Å². The highest BCUT2D eigenvalue weighted by atomic mass is 19.4. The normalized spacial score (nSPS) is 17.8. The fraction of sp³-hybridized carbons (Fsp3) is 0.368. The van der Waals surface area contributed by atoms with Crippen LogP contribution in [0.2, 0.25) is 0 Å². The van der Waals surface area contributed by atoms with Crippen LogP contribution in [-0.4, -0.2) is 11.2 Å². The van der Waals surface area contributed by atoms with Gasteiger partial charge >= 0.3 is 6.18 Å². The van der Waals surface area contributed by atoms with Crippen LogP contribution in [0.3, 0.4) is 0 Å². The van der Waals surface area contributed by atoms with Crippen LogP contribution in [-0.2, 0) is 6.42 Å². The molecule has 2 unspecified atom stereocenters. The molecule has 25 heavy (non-hydrogen) atoms. The molecule has 0 amide bonds. The third kappa shape index (κ3) is 4.37. The maximum atomic E-state index is 12.7. The Morgan fingerprint density at radius 2 is 2.16 bits per heavy atom. The van der Waals surface area contributed by atoms with Crippen LogP contribution in [0.4, 0.5) is 13.2 Å². The summed E-state index contributed by atoms with van der Waals surface area (Å²) in [5, 5.41) is 12.4. The summed E-state index contributed by atoms with van der Waals surface area (Å²) in [7, 11) is 0. The summed E-state index contributed by atoms with van der Waals surface area (Å²) in [4.78, 5) is 4.03. The van der Waals surface area contributed by atoms with Crippen molar-refractivity contribution in [1.82, 2.24) is 10.3 Å². The van der Waals surface area contributed by atoms with Gasteiger partial charge in [-0.2, -0.15) is 18.4 Å². The van der Waals surface area contributed by atoms with Crippen molar-refractivity contribution in [2.75, 3.05) is 0 Å². The minimum Gasteiger partial charge on any atom is -0.303 e. The molecule has 0 saturated carbocycles. The van der Waals surface area contributed by atoms with E-state index in [1.54, 1.807) is 30.6 Å². The van der Waals surface area contributed by atoms with Gasteiger partial charge < -0.3 is 5.32 Å². The molecule has 130 valence electrons.